The minimum Gasteiger partial charge on any atom is -0.354 e. The highest BCUT2D eigenvalue weighted by Gasteiger charge is 2.23. The van der Waals surface area contributed by atoms with Crippen LogP contribution in [-0.4, -0.2) is 33.7 Å². The van der Waals surface area contributed by atoms with Crippen molar-refractivity contribution < 1.29 is 13.2 Å². The summed E-state index contributed by atoms with van der Waals surface area (Å²) in [5.74, 6) is -0.111. The third-order valence-corrected chi connectivity index (χ3v) is 4.24. The number of nitrogens with one attached hydrogen (secondary N) is 1. The molecular weight excluding hydrogens is 335 g/mol. The molecule has 0 saturated heterocycles. The highest BCUT2D eigenvalue weighted by Crippen LogP contribution is 2.30. The Hall–Kier alpha value is -0.980. The van der Waals surface area contributed by atoms with Crippen LogP contribution in [0.15, 0.2) is 18.2 Å². The minimum absolute atomic E-state index is 0.171. The number of nitrogens with zero attached hydrogens (tertiary/aromatic N) is 1. The predicted octanol–water partition coefficient (Wildman–Crippen LogP) is 2.53. The van der Waals surface area contributed by atoms with E-state index in [1.807, 2.05) is 13.8 Å². The number of rotatable bonds is 6. The highest BCUT2D eigenvalue weighted by molar-refractivity contribution is 7.92. The molecular formula is C13H18Cl2N2O3S. The zero-order valence-corrected chi connectivity index (χ0v) is 14.4. The van der Waals surface area contributed by atoms with Gasteiger partial charge in [-0.05, 0) is 24.1 Å². The van der Waals surface area contributed by atoms with E-state index in [0.29, 0.717) is 11.6 Å². The fraction of sp³-hybridized carbons (Fsp3) is 0.462. The molecule has 1 N–H and O–H groups in total. The van der Waals surface area contributed by atoms with Gasteiger partial charge in [0, 0.05) is 11.6 Å². The Morgan fingerprint density at radius 3 is 2.43 bits per heavy atom. The number of carbonyl (C=O) groups is 1. The Bertz CT molecular complexity index is 618. The molecule has 0 bridgehead atoms. The van der Waals surface area contributed by atoms with Gasteiger partial charge in [-0.25, -0.2) is 8.42 Å². The van der Waals surface area contributed by atoms with E-state index in [9.17, 15) is 13.2 Å². The number of hydrogen-bond donors (Lipinski definition) is 1. The molecule has 1 aromatic carbocycles. The Morgan fingerprint density at radius 2 is 1.95 bits per heavy atom. The van der Waals surface area contributed by atoms with E-state index in [-0.39, 0.29) is 29.1 Å². The van der Waals surface area contributed by atoms with Gasteiger partial charge in [0.2, 0.25) is 15.9 Å². The van der Waals surface area contributed by atoms with Crippen LogP contribution in [0.3, 0.4) is 0 Å². The second-order valence-corrected chi connectivity index (χ2v) is 7.81. The largest absolute Gasteiger partial charge is 0.354 e. The third kappa shape index (κ3) is 5.73. The quantitative estimate of drug-likeness (QED) is 0.855. The summed E-state index contributed by atoms with van der Waals surface area (Å²) in [5.41, 5.74) is 0.225. The van der Waals surface area contributed by atoms with E-state index >= 15 is 0 Å². The summed E-state index contributed by atoms with van der Waals surface area (Å²) in [7, 11) is -3.64. The number of benzene rings is 1. The molecule has 0 heterocycles. The van der Waals surface area contributed by atoms with Gasteiger partial charge in [-0.1, -0.05) is 37.0 Å². The second kappa shape index (κ2) is 7.33. The molecule has 0 spiro atoms. The lowest BCUT2D eigenvalue weighted by atomic mass is 10.2. The monoisotopic (exact) mass is 352 g/mol. The maximum atomic E-state index is 11.9. The van der Waals surface area contributed by atoms with E-state index in [4.69, 9.17) is 23.2 Å². The van der Waals surface area contributed by atoms with E-state index < -0.39 is 10.0 Å². The van der Waals surface area contributed by atoms with Crippen LogP contribution in [0, 0.1) is 5.92 Å². The maximum Gasteiger partial charge on any atom is 0.240 e. The molecule has 0 aliphatic rings. The topological polar surface area (TPSA) is 66.5 Å². The average Bonchev–Trinajstić information content (AvgIpc) is 2.33. The van der Waals surface area contributed by atoms with Gasteiger partial charge in [-0.3, -0.25) is 9.10 Å². The van der Waals surface area contributed by atoms with Gasteiger partial charge in [0.15, 0.2) is 0 Å². The van der Waals surface area contributed by atoms with E-state index in [1.165, 1.54) is 18.2 Å². The lowest BCUT2D eigenvalue weighted by Crippen LogP contribution is -2.41. The molecule has 118 valence electrons. The molecule has 0 aliphatic carbocycles. The van der Waals surface area contributed by atoms with Crippen LogP contribution in [0.1, 0.15) is 13.8 Å². The Kier molecular flexibility index (Phi) is 6.31. The number of amides is 1. The second-order valence-electron chi connectivity index (χ2n) is 5.06. The fourth-order valence-corrected chi connectivity index (χ4v) is 3.00. The minimum atomic E-state index is -3.64. The first-order valence-electron chi connectivity index (χ1n) is 6.30. The Morgan fingerprint density at radius 1 is 1.33 bits per heavy atom. The van der Waals surface area contributed by atoms with Crippen molar-refractivity contribution in [3.05, 3.63) is 28.2 Å². The van der Waals surface area contributed by atoms with Crippen LogP contribution in [0.25, 0.3) is 0 Å². The number of hydrogen-bond acceptors (Lipinski definition) is 3. The van der Waals surface area contributed by atoms with Crippen molar-refractivity contribution in [2.75, 3.05) is 23.7 Å². The molecule has 0 aliphatic heterocycles. The molecule has 1 rings (SSSR count). The van der Waals surface area contributed by atoms with Crippen molar-refractivity contribution in [1.82, 2.24) is 5.32 Å². The zero-order chi connectivity index (χ0) is 16.2. The first kappa shape index (κ1) is 18.1. The molecule has 0 atom stereocenters. The van der Waals surface area contributed by atoms with Crippen molar-refractivity contribution >= 4 is 44.8 Å². The highest BCUT2D eigenvalue weighted by atomic mass is 35.5. The molecule has 21 heavy (non-hydrogen) atoms. The van der Waals surface area contributed by atoms with Crippen molar-refractivity contribution in [2.45, 2.75) is 13.8 Å². The van der Waals surface area contributed by atoms with Crippen LogP contribution in [0.2, 0.25) is 10.0 Å². The lowest BCUT2D eigenvalue weighted by Gasteiger charge is -2.23. The summed E-state index contributed by atoms with van der Waals surface area (Å²) in [5, 5.41) is 3.23. The molecule has 5 nitrogen and oxygen atoms in total. The predicted molar refractivity (Wildman–Crippen MR) is 86.5 cm³/mol. The number of halogens is 2. The average molecular weight is 353 g/mol. The van der Waals surface area contributed by atoms with Crippen molar-refractivity contribution in [3.8, 4) is 0 Å². The molecule has 0 fully saturated rings. The lowest BCUT2D eigenvalue weighted by molar-refractivity contribution is -0.119. The molecule has 1 amide bonds. The van der Waals surface area contributed by atoms with Crippen LogP contribution in [-0.2, 0) is 14.8 Å². The zero-order valence-electron chi connectivity index (χ0n) is 12.1. The summed E-state index contributed by atoms with van der Waals surface area (Å²) < 4.78 is 24.8. The molecule has 0 unspecified atom stereocenters. The van der Waals surface area contributed by atoms with Crippen LogP contribution in [0.5, 0.6) is 0 Å². The smallest absolute Gasteiger partial charge is 0.240 e. The normalized spacial score (nSPS) is 11.5. The molecule has 1 aromatic rings. The molecule has 0 radical (unpaired) electrons. The number of sulfonamides is 1. The van der Waals surface area contributed by atoms with Gasteiger partial charge >= 0.3 is 0 Å². The van der Waals surface area contributed by atoms with E-state index in [1.54, 1.807) is 0 Å². The van der Waals surface area contributed by atoms with Gasteiger partial charge in [0.25, 0.3) is 0 Å². The van der Waals surface area contributed by atoms with E-state index in [0.717, 1.165) is 10.6 Å². The standard InChI is InChI=1S/C13H18Cl2N2O3S/c1-9(2)7-16-13(18)8-17(21(3,19)20)12-5-4-10(14)6-11(12)15/h4-6,9H,7-8H2,1-3H3,(H,16,18). The van der Waals surface area contributed by atoms with Crippen molar-refractivity contribution in [3.63, 3.8) is 0 Å². The van der Waals surface area contributed by atoms with Gasteiger partial charge < -0.3 is 5.32 Å². The molecule has 8 heteroatoms. The SMILES string of the molecule is CC(C)CNC(=O)CN(c1ccc(Cl)cc1Cl)S(C)(=O)=O. The van der Waals surface area contributed by atoms with Gasteiger partial charge in [0.05, 0.1) is 17.0 Å². The van der Waals surface area contributed by atoms with Crippen LogP contribution < -0.4 is 9.62 Å². The molecule has 0 aromatic heterocycles. The van der Waals surface area contributed by atoms with Crippen LogP contribution in [0.4, 0.5) is 5.69 Å². The maximum absolute atomic E-state index is 11.9. The van der Waals surface area contributed by atoms with Crippen molar-refractivity contribution in [2.24, 2.45) is 5.92 Å². The fourth-order valence-electron chi connectivity index (χ4n) is 1.57. The summed E-state index contributed by atoms with van der Waals surface area (Å²) in [6.45, 7) is 4.05. The summed E-state index contributed by atoms with van der Waals surface area (Å²) >= 11 is 11.8. The third-order valence-electron chi connectivity index (χ3n) is 2.57. The first-order chi connectivity index (χ1) is 9.61. The van der Waals surface area contributed by atoms with E-state index in [2.05, 4.69) is 5.32 Å². The number of anilines is 1. The first-order valence-corrected chi connectivity index (χ1v) is 8.91. The Labute approximate surface area is 135 Å². The summed E-state index contributed by atoms with van der Waals surface area (Å²) in [6.07, 6.45) is 1.02. The van der Waals surface area contributed by atoms with Gasteiger partial charge in [-0.15, -0.1) is 0 Å². The molecule has 0 saturated carbocycles. The summed E-state index contributed by atoms with van der Waals surface area (Å²) in [6, 6.07) is 4.43. The summed E-state index contributed by atoms with van der Waals surface area (Å²) in [4.78, 5) is 11.9. The van der Waals surface area contributed by atoms with Crippen molar-refractivity contribution in [1.29, 1.82) is 0 Å². The van der Waals surface area contributed by atoms with Crippen LogP contribution >= 0.6 is 23.2 Å². The van der Waals surface area contributed by atoms with Gasteiger partial charge in [-0.2, -0.15) is 0 Å². The Balaban J connectivity index is 3.00. The number of carbonyl (C=O) groups excluding carboxylic acids is 1. The van der Waals surface area contributed by atoms with Gasteiger partial charge in [0.1, 0.15) is 6.54 Å².